The number of carbonyl (C=O) groups is 1. The second kappa shape index (κ2) is 8.85. The van der Waals surface area contributed by atoms with Gasteiger partial charge in [0.05, 0.1) is 0 Å². The van der Waals surface area contributed by atoms with E-state index < -0.39 is 0 Å². The number of halogens is 2. The first kappa shape index (κ1) is 19.8. The van der Waals surface area contributed by atoms with Crippen LogP contribution in [0, 0.1) is 11.7 Å². The molecule has 1 N–H and O–H groups in total. The lowest BCUT2D eigenvalue weighted by Crippen LogP contribution is -2.38. The minimum absolute atomic E-state index is 0.0119. The van der Waals surface area contributed by atoms with Gasteiger partial charge in [-0.25, -0.2) is 4.39 Å². The third-order valence-electron chi connectivity index (χ3n) is 5.25. The Hall–Kier alpha value is -1.91. The molecule has 0 spiro atoms. The number of rotatable bonds is 5. The first-order valence-electron chi connectivity index (χ1n) is 9.50. The van der Waals surface area contributed by atoms with Gasteiger partial charge in [0.25, 0.3) is 0 Å². The van der Waals surface area contributed by atoms with E-state index in [-0.39, 0.29) is 17.6 Å². The van der Waals surface area contributed by atoms with E-state index in [1.165, 1.54) is 11.6 Å². The summed E-state index contributed by atoms with van der Waals surface area (Å²) in [4.78, 5) is 14.7. The highest BCUT2D eigenvalue weighted by molar-refractivity contribution is 6.31. The van der Waals surface area contributed by atoms with Gasteiger partial charge in [-0.2, -0.15) is 0 Å². The molecule has 3 nitrogen and oxygen atoms in total. The van der Waals surface area contributed by atoms with Gasteiger partial charge in [0.15, 0.2) is 0 Å². The predicted molar refractivity (Wildman–Crippen MR) is 109 cm³/mol. The number of amides is 1. The molecule has 1 aliphatic rings. The van der Waals surface area contributed by atoms with Crippen LogP contribution in [0.4, 0.5) is 10.1 Å². The smallest absolute Gasteiger partial charge is 0.227 e. The zero-order valence-corrected chi connectivity index (χ0v) is 16.6. The standard InChI is InChI=1S/C22H26ClFN2O/c1-15(2)16-6-8-18(9-7-16)25-22(27)17-10-12-26(13-11-17)14-19-20(23)4-3-5-21(19)24/h3-9,15,17H,10-14H2,1-2H3,(H,25,27). The molecule has 1 fully saturated rings. The molecule has 3 rings (SSSR count). The van der Waals surface area contributed by atoms with Crippen molar-refractivity contribution in [3.8, 4) is 0 Å². The molecule has 27 heavy (non-hydrogen) atoms. The lowest BCUT2D eigenvalue weighted by Gasteiger charge is -2.31. The predicted octanol–water partition coefficient (Wildman–Crippen LogP) is 5.45. The summed E-state index contributed by atoms with van der Waals surface area (Å²) in [5.74, 6) is 0.257. The Morgan fingerprint density at radius 1 is 1.19 bits per heavy atom. The van der Waals surface area contributed by atoms with Crippen molar-refractivity contribution < 1.29 is 9.18 Å². The van der Waals surface area contributed by atoms with Gasteiger partial charge in [-0.15, -0.1) is 0 Å². The first-order chi connectivity index (χ1) is 12.9. The maximum atomic E-state index is 14.0. The van der Waals surface area contributed by atoms with Crippen molar-refractivity contribution in [3.63, 3.8) is 0 Å². The van der Waals surface area contributed by atoms with Crippen LogP contribution in [0.3, 0.4) is 0 Å². The lowest BCUT2D eigenvalue weighted by atomic mass is 9.95. The molecule has 1 saturated heterocycles. The van der Waals surface area contributed by atoms with Crippen LogP contribution in [0.2, 0.25) is 5.02 Å². The van der Waals surface area contributed by atoms with Crippen LogP contribution in [0.15, 0.2) is 42.5 Å². The van der Waals surface area contributed by atoms with Gasteiger partial charge in [0, 0.05) is 28.7 Å². The third-order valence-corrected chi connectivity index (χ3v) is 5.60. The van der Waals surface area contributed by atoms with Crippen LogP contribution >= 0.6 is 11.6 Å². The van der Waals surface area contributed by atoms with E-state index in [1.54, 1.807) is 12.1 Å². The Labute approximate surface area is 165 Å². The molecule has 5 heteroatoms. The Bertz CT molecular complexity index is 763. The number of anilines is 1. The molecule has 0 aliphatic carbocycles. The molecule has 2 aromatic carbocycles. The molecule has 0 unspecified atom stereocenters. The molecule has 0 atom stereocenters. The third kappa shape index (κ3) is 5.08. The fraction of sp³-hybridized carbons (Fsp3) is 0.409. The summed E-state index contributed by atoms with van der Waals surface area (Å²) in [7, 11) is 0. The summed E-state index contributed by atoms with van der Waals surface area (Å²) < 4.78 is 14.0. The Kier molecular flexibility index (Phi) is 6.51. The van der Waals surface area contributed by atoms with Crippen LogP contribution in [0.25, 0.3) is 0 Å². The maximum Gasteiger partial charge on any atom is 0.227 e. The van der Waals surface area contributed by atoms with Crippen molar-refractivity contribution >= 4 is 23.2 Å². The van der Waals surface area contributed by atoms with E-state index in [1.807, 2.05) is 12.1 Å². The maximum absolute atomic E-state index is 14.0. The number of carbonyl (C=O) groups excluding carboxylic acids is 1. The van der Waals surface area contributed by atoms with Gasteiger partial charge in [-0.05, 0) is 61.7 Å². The lowest BCUT2D eigenvalue weighted by molar-refractivity contribution is -0.121. The number of nitrogens with one attached hydrogen (secondary N) is 1. The van der Waals surface area contributed by atoms with E-state index in [4.69, 9.17) is 11.6 Å². The van der Waals surface area contributed by atoms with E-state index >= 15 is 0 Å². The summed E-state index contributed by atoms with van der Waals surface area (Å²) in [6.45, 7) is 6.30. The summed E-state index contributed by atoms with van der Waals surface area (Å²) in [6, 6.07) is 12.8. The van der Waals surface area contributed by atoms with Crippen LogP contribution in [-0.4, -0.2) is 23.9 Å². The summed E-state index contributed by atoms with van der Waals surface area (Å²) in [5.41, 5.74) is 2.63. The van der Waals surface area contributed by atoms with Gasteiger partial charge < -0.3 is 5.32 Å². The van der Waals surface area contributed by atoms with Crippen molar-refractivity contribution in [1.29, 1.82) is 0 Å². The molecular weight excluding hydrogens is 363 g/mol. The van der Waals surface area contributed by atoms with Crippen LogP contribution in [0.1, 0.15) is 43.7 Å². The Morgan fingerprint density at radius 2 is 1.85 bits per heavy atom. The molecular formula is C22H26ClFN2O. The molecule has 1 heterocycles. The molecule has 0 saturated carbocycles. The minimum Gasteiger partial charge on any atom is -0.326 e. The largest absolute Gasteiger partial charge is 0.326 e. The highest BCUT2D eigenvalue weighted by Gasteiger charge is 2.26. The topological polar surface area (TPSA) is 32.3 Å². The second-order valence-electron chi connectivity index (χ2n) is 7.52. The molecule has 0 radical (unpaired) electrons. The van der Waals surface area contributed by atoms with E-state index in [2.05, 4.69) is 36.2 Å². The SMILES string of the molecule is CC(C)c1ccc(NC(=O)C2CCN(Cc3c(F)cccc3Cl)CC2)cc1. The van der Waals surface area contributed by atoms with Crippen LogP contribution in [-0.2, 0) is 11.3 Å². The van der Waals surface area contributed by atoms with E-state index in [9.17, 15) is 9.18 Å². The van der Waals surface area contributed by atoms with Gasteiger partial charge in [-0.3, -0.25) is 9.69 Å². The average Bonchev–Trinajstić information content (AvgIpc) is 2.66. The number of nitrogens with zero attached hydrogens (tertiary/aromatic N) is 1. The zero-order valence-electron chi connectivity index (χ0n) is 15.8. The number of likely N-dealkylation sites (tertiary alicyclic amines) is 1. The molecule has 1 amide bonds. The minimum atomic E-state index is -0.271. The van der Waals surface area contributed by atoms with E-state index in [0.29, 0.717) is 23.0 Å². The van der Waals surface area contributed by atoms with E-state index in [0.717, 1.165) is 31.6 Å². The summed E-state index contributed by atoms with van der Waals surface area (Å²) >= 11 is 6.12. The normalized spacial score (nSPS) is 15.9. The molecule has 144 valence electrons. The highest BCUT2D eigenvalue weighted by atomic mass is 35.5. The number of piperidine rings is 1. The fourth-order valence-corrected chi connectivity index (χ4v) is 3.68. The van der Waals surface area contributed by atoms with Crippen molar-refractivity contribution in [3.05, 3.63) is 64.4 Å². The molecule has 0 aromatic heterocycles. The Morgan fingerprint density at radius 3 is 2.44 bits per heavy atom. The quantitative estimate of drug-likeness (QED) is 0.738. The number of hydrogen-bond acceptors (Lipinski definition) is 2. The van der Waals surface area contributed by atoms with Gasteiger partial charge >= 0.3 is 0 Å². The van der Waals surface area contributed by atoms with Crippen LogP contribution < -0.4 is 5.32 Å². The monoisotopic (exact) mass is 388 g/mol. The van der Waals surface area contributed by atoms with Gasteiger partial charge in [0.1, 0.15) is 5.82 Å². The summed E-state index contributed by atoms with van der Waals surface area (Å²) in [6.07, 6.45) is 1.53. The Balaban J connectivity index is 1.52. The van der Waals surface area contributed by atoms with Crippen LogP contribution in [0.5, 0.6) is 0 Å². The van der Waals surface area contributed by atoms with Crippen molar-refractivity contribution in [1.82, 2.24) is 4.90 Å². The van der Waals surface area contributed by atoms with Gasteiger partial charge in [-0.1, -0.05) is 43.6 Å². The number of benzene rings is 2. The summed E-state index contributed by atoms with van der Waals surface area (Å²) in [5, 5.41) is 3.48. The van der Waals surface area contributed by atoms with Gasteiger partial charge in [0.2, 0.25) is 5.91 Å². The molecule has 1 aliphatic heterocycles. The fourth-order valence-electron chi connectivity index (χ4n) is 3.46. The highest BCUT2D eigenvalue weighted by Crippen LogP contribution is 2.25. The molecule has 0 bridgehead atoms. The first-order valence-corrected chi connectivity index (χ1v) is 9.88. The second-order valence-corrected chi connectivity index (χ2v) is 7.92. The number of hydrogen-bond donors (Lipinski definition) is 1. The van der Waals surface area contributed by atoms with Crippen molar-refractivity contribution in [2.24, 2.45) is 5.92 Å². The van der Waals surface area contributed by atoms with Crippen molar-refractivity contribution in [2.75, 3.05) is 18.4 Å². The van der Waals surface area contributed by atoms with Crippen molar-refractivity contribution in [2.45, 2.75) is 39.2 Å². The zero-order chi connectivity index (χ0) is 19.4. The average molecular weight is 389 g/mol. The molecule has 2 aromatic rings.